The Morgan fingerprint density at radius 1 is 1.33 bits per heavy atom. The molecular weight excluding hydrogens is 265 g/mol. The summed E-state index contributed by atoms with van der Waals surface area (Å²) < 4.78 is 14.2. The number of hydrogen-bond donors (Lipinski definition) is 1. The van der Waals surface area contributed by atoms with Gasteiger partial charge in [-0.25, -0.2) is 4.39 Å². The second-order valence-corrected chi connectivity index (χ2v) is 5.93. The van der Waals surface area contributed by atoms with Crippen molar-refractivity contribution < 1.29 is 4.39 Å². The van der Waals surface area contributed by atoms with Gasteiger partial charge >= 0.3 is 0 Å². The molecule has 2 N–H and O–H groups in total. The van der Waals surface area contributed by atoms with Gasteiger partial charge in [0.25, 0.3) is 0 Å². The lowest BCUT2D eigenvalue weighted by Crippen LogP contribution is -2.41. The molecule has 0 unspecified atom stereocenters. The highest BCUT2D eigenvalue weighted by molar-refractivity contribution is 5.34. The molecule has 0 bridgehead atoms. The summed E-state index contributed by atoms with van der Waals surface area (Å²) in [6.45, 7) is 3.68. The first-order valence-corrected chi connectivity index (χ1v) is 7.82. The number of benzene rings is 1. The molecular formula is C17H24FN3. The largest absolute Gasteiger partial charge is 0.328 e. The summed E-state index contributed by atoms with van der Waals surface area (Å²) in [4.78, 5) is 2.35. The number of nitrogens with zero attached hydrogens (tertiary/aromatic N) is 2. The number of hydrogen-bond acceptors (Lipinski definition) is 3. The summed E-state index contributed by atoms with van der Waals surface area (Å²) in [5, 5.41) is 8.94. The highest BCUT2D eigenvalue weighted by Gasteiger charge is 2.24. The topological polar surface area (TPSA) is 53.0 Å². The van der Waals surface area contributed by atoms with Gasteiger partial charge in [0, 0.05) is 24.2 Å². The first kappa shape index (κ1) is 15.9. The highest BCUT2D eigenvalue weighted by Crippen LogP contribution is 2.25. The molecule has 0 aromatic heterocycles. The third-order valence-corrected chi connectivity index (χ3v) is 4.34. The standard InChI is InChI=1S/C17H24FN3/c1-2-10-21(16-8-6-15(20)7-9-16)12-14-5-3-4-13(11-19)17(14)18/h3-5,15-16H,2,6-10,12,20H2,1H3. The van der Waals surface area contributed by atoms with Crippen molar-refractivity contribution in [2.45, 2.75) is 57.7 Å². The van der Waals surface area contributed by atoms with Crippen LogP contribution in [0.4, 0.5) is 4.39 Å². The summed E-state index contributed by atoms with van der Waals surface area (Å²) in [6.07, 6.45) is 5.31. The zero-order valence-electron chi connectivity index (χ0n) is 12.7. The molecule has 4 heteroatoms. The summed E-state index contributed by atoms with van der Waals surface area (Å²) in [6, 6.07) is 7.80. The maximum Gasteiger partial charge on any atom is 0.145 e. The molecule has 1 aliphatic rings. The van der Waals surface area contributed by atoms with Crippen molar-refractivity contribution in [1.29, 1.82) is 5.26 Å². The van der Waals surface area contributed by atoms with Gasteiger partial charge in [-0.1, -0.05) is 19.1 Å². The van der Waals surface area contributed by atoms with Crippen LogP contribution >= 0.6 is 0 Å². The third-order valence-electron chi connectivity index (χ3n) is 4.34. The second-order valence-electron chi connectivity index (χ2n) is 5.93. The van der Waals surface area contributed by atoms with Gasteiger partial charge in [-0.05, 0) is 44.7 Å². The summed E-state index contributed by atoms with van der Waals surface area (Å²) in [7, 11) is 0. The van der Waals surface area contributed by atoms with Gasteiger partial charge < -0.3 is 5.73 Å². The van der Waals surface area contributed by atoms with Crippen LogP contribution in [0.2, 0.25) is 0 Å². The quantitative estimate of drug-likeness (QED) is 0.905. The van der Waals surface area contributed by atoms with Crippen LogP contribution < -0.4 is 5.73 Å². The van der Waals surface area contributed by atoms with Gasteiger partial charge in [-0.2, -0.15) is 5.26 Å². The Kier molecular flexibility index (Phi) is 5.72. The molecule has 0 atom stereocenters. The first-order chi connectivity index (χ1) is 10.2. The molecule has 3 nitrogen and oxygen atoms in total. The van der Waals surface area contributed by atoms with Gasteiger partial charge in [-0.15, -0.1) is 0 Å². The van der Waals surface area contributed by atoms with Crippen LogP contribution in [-0.4, -0.2) is 23.5 Å². The molecule has 0 spiro atoms. The van der Waals surface area contributed by atoms with Crippen LogP contribution in [0.1, 0.15) is 50.2 Å². The Labute approximate surface area is 126 Å². The average Bonchev–Trinajstić information content (AvgIpc) is 2.49. The maximum atomic E-state index is 14.2. The first-order valence-electron chi connectivity index (χ1n) is 7.82. The monoisotopic (exact) mass is 289 g/mol. The fourth-order valence-electron chi connectivity index (χ4n) is 3.15. The van der Waals surface area contributed by atoms with Crippen molar-refractivity contribution in [2.75, 3.05) is 6.54 Å². The molecule has 1 aromatic rings. The normalized spacial score (nSPS) is 22.2. The van der Waals surface area contributed by atoms with E-state index in [-0.39, 0.29) is 11.4 Å². The van der Waals surface area contributed by atoms with Crippen molar-refractivity contribution >= 4 is 0 Å². The SMILES string of the molecule is CCCN(Cc1cccc(C#N)c1F)C1CCC(N)CC1. The molecule has 1 aromatic carbocycles. The van der Waals surface area contributed by atoms with Crippen molar-refractivity contribution in [1.82, 2.24) is 4.90 Å². The van der Waals surface area contributed by atoms with Crippen LogP contribution in [0.5, 0.6) is 0 Å². The van der Waals surface area contributed by atoms with E-state index < -0.39 is 0 Å². The minimum atomic E-state index is -0.367. The van der Waals surface area contributed by atoms with Crippen LogP contribution in [-0.2, 0) is 6.54 Å². The Hall–Kier alpha value is -1.44. The predicted molar refractivity (Wildman–Crippen MR) is 82.0 cm³/mol. The predicted octanol–water partition coefficient (Wildman–Crippen LogP) is 3.18. The molecule has 0 radical (unpaired) electrons. The highest BCUT2D eigenvalue weighted by atomic mass is 19.1. The number of rotatable bonds is 5. The van der Waals surface area contributed by atoms with Crippen LogP contribution in [0.15, 0.2) is 18.2 Å². The number of nitriles is 1. The molecule has 1 saturated carbocycles. The zero-order valence-corrected chi connectivity index (χ0v) is 12.7. The van der Waals surface area contributed by atoms with E-state index in [0.717, 1.165) is 38.6 Å². The average molecular weight is 289 g/mol. The van der Waals surface area contributed by atoms with Crippen molar-refractivity contribution in [3.05, 3.63) is 35.1 Å². The summed E-state index contributed by atoms with van der Waals surface area (Å²) >= 11 is 0. The van der Waals surface area contributed by atoms with Gasteiger partial charge in [0.1, 0.15) is 11.9 Å². The molecule has 0 heterocycles. The Morgan fingerprint density at radius 3 is 2.67 bits per heavy atom. The third kappa shape index (κ3) is 4.03. The Balaban J connectivity index is 2.11. The molecule has 0 amide bonds. The molecule has 21 heavy (non-hydrogen) atoms. The van der Waals surface area contributed by atoms with E-state index in [4.69, 9.17) is 11.0 Å². The summed E-state index contributed by atoms with van der Waals surface area (Å²) in [5.41, 5.74) is 6.73. The van der Waals surface area contributed by atoms with Gasteiger partial charge in [0.2, 0.25) is 0 Å². The van der Waals surface area contributed by atoms with Gasteiger partial charge in [0.15, 0.2) is 0 Å². The van der Waals surface area contributed by atoms with E-state index in [1.165, 1.54) is 6.07 Å². The Bertz CT molecular complexity index is 501. The summed E-state index contributed by atoms with van der Waals surface area (Å²) in [5.74, 6) is -0.367. The molecule has 1 fully saturated rings. The lowest BCUT2D eigenvalue weighted by Gasteiger charge is -2.36. The van der Waals surface area contributed by atoms with Gasteiger partial charge in [0.05, 0.1) is 5.56 Å². The molecule has 0 saturated heterocycles. The van der Waals surface area contributed by atoms with E-state index in [0.29, 0.717) is 24.2 Å². The fourth-order valence-corrected chi connectivity index (χ4v) is 3.15. The molecule has 1 aliphatic carbocycles. The zero-order chi connectivity index (χ0) is 15.2. The van der Waals surface area contributed by atoms with E-state index in [9.17, 15) is 4.39 Å². The Morgan fingerprint density at radius 2 is 2.05 bits per heavy atom. The van der Waals surface area contributed by atoms with Gasteiger partial charge in [-0.3, -0.25) is 4.90 Å². The van der Waals surface area contributed by atoms with Crippen molar-refractivity contribution in [3.8, 4) is 6.07 Å². The van der Waals surface area contributed by atoms with E-state index >= 15 is 0 Å². The van der Waals surface area contributed by atoms with E-state index in [2.05, 4.69) is 11.8 Å². The van der Waals surface area contributed by atoms with E-state index in [1.54, 1.807) is 12.1 Å². The lowest BCUT2D eigenvalue weighted by atomic mass is 9.90. The lowest BCUT2D eigenvalue weighted by molar-refractivity contribution is 0.140. The van der Waals surface area contributed by atoms with Crippen LogP contribution in [0.25, 0.3) is 0 Å². The minimum absolute atomic E-state index is 0.134. The minimum Gasteiger partial charge on any atom is -0.328 e. The smallest absolute Gasteiger partial charge is 0.145 e. The molecule has 114 valence electrons. The number of nitrogens with two attached hydrogens (primary N) is 1. The van der Waals surface area contributed by atoms with Crippen molar-refractivity contribution in [3.63, 3.8) is 0 Å². The van der Waals surface area contributed by atoms with Crippen LogP contribution in [0.3, 0.4) is 0 Å². The van der Waals surface area contributed by atoms with Crippen LogP contribution in [0, 0.1) is 17.1 Å². The maximum absolute atomic E-state index is 14.2. The van der Waals surface area contributed by atoms with E-state index in [1.807, 2.05) is 6.07 Å². The fraction of sp³-hybridized carbons (Fsp3) is 0.588. The van der Waals surface area contributed by atoms with Crippen molar-refractivity contribution in [2.24, 2.45) is 5.73 Å². The second kappa shape index (κ2) is 7.53. The number of halogens is 1. The molecule has 2 rings (SSSR count). The molecule has 0 aliphatic heterocycles.